The lowest BCUT2D eigenvalue weighted by Crippen LogP contribution is -2.66. The Bertz CT molecular complexity index is 1780. The third-order valence-corrected chi connectivity index (χ3v) is 9.36. The average molecular weight is 660 g/mol. The van der Waals surface area contributed by atoms with Gasteiger partial charge < -0.3 is 20.9 Å². The van der Waals surface area contributed by atoms with Gasteiger partial charge in [0.2, 0.25) is 11.8 Å². The molecule has 4 aromatic carbocycles. The number of fused-ring (bicyclic) bond motifs is 2. The van der Waals surface area contributed by atoms with E-state index in [1.54, 1.807) is 45.2 Å². The minimum atomic E-state index is -0.747. The number of hydrogen-bond donors (Lipinski definition) is 2. The number of carbonyl (C=O) groups excluding carboxylic acids is 3. The molecule has 9 nitrogen and oxygen atoms in total. The summed E-state index contributed by atoms with van der Waals surface area (Å²) < 4.78 is 0. The zero-order valence-corrected chi connectivity index (χ0v) is 27.2. The molecule has 11 heteroatoms. The maximum Gasteiger partial charge on any atom is 0.332 e. The molecule has 0 saturated carbocycles. The van der Waals surface area contributed by atoms with Gasteiger partial charge in [-0.15, -0.1) is 0 Å². The number of nitrogen functional groups attached to an aromatic ring is 1. The summed E-state index contributed by atoms with van der Waals surface area (Å²) in [7, 11) is 0. The van der Waals surface area contributed by atoms with E-state index in [-0.39, 0.29) is 43.5 Å². The second-order valence-electron chi connectivity index (χ2n) is 12.0. The Morgan fingerprint density at radius 3 is 2.41 bits per heavy atom. The van der Waals surface area contributed by atoms with E-state index in [1.807, 2.05) is 55.1 Å². The van der Waals surface area contributed by atoms with Crippen LogP contribution in [0.25, 0.3) is 10.8 Å². The lowest BCUT2D eigenvalue weighted by molar-refractivity contribution is -0.158. The summed E-state index contributed by atoms with van der Waals surface area (Å²) in [6, 6.07) is 25.4. The second-order valence-corrected chi connectivity index (χ2v) is 12.9. The van der Waals surface area contributed by atoms with Crippen molar-refractivity contribution in [1.82, 2.24) is 25.1 Å². The molecule has 46 heavy (non-hydrogen) atoms. The Labute approximate surface area is 278 Å². The van der Waals surface area contributed by atoms with Gasteiger partial charge in [-0.25, -0.2) is 4.79 Å². The number of nitrogens with zero attached hydrogens (tertiary/aromatic N) is 4. The predicted octanol–water partition coefficient (Wildman–Crippen LogP) is 5.69. The molecule has 4 aromatic rings. The van der Waals surface area contributed by atoms with Crippen molar-refractivity contribution in [3.8, 4) is 0 Å². The van der Waals surface area contributed by atoms with Crippen LogP contribution in [-0.4, -0.2) is 69.0 Å². The first-order valence-electron chi connectivity index (χ1n) is 15.3. The topological polar surface area (TPSA) is 102 Å². The summed E-state index contributed by atoms with van der Waals surface area (Å²) in [6.45, 7) is 4.61. The van der Waals surface area contributed by atoms with Crippen LogP contribution in [0.1, 0.15) is 30.5 Å². The van der Waals surface area contributed by atoms with E-state index in [9.17, 15) is 14.4 Å². The SMILES string of the molecule is CC(C)N(C(=O)NCc1ccc(Cl)c(Cl)c1)N1CC(=O)N2[C@@H](Cc3ccc(N)cc3)C(=O)N(Cc3cccc4ccccc34)C[C@@H]21. The van der Waals surface area contributed by atoms with Gasteiger partial charge >= 0.3 is 6.03 Å². The van der Waals surface area contributed by atoms with E-state index in [0.29, 0.717) is 28.7 Å². The van der Waals surface area contributed by atoms with Gasteiger partial charge in [-0.05, 0) is 65.6 Å². The third kappa shape index (κ3) is 6.35. The molecule has 2 atom stereocenters. The molecule has 2 aliphatic rings. The number of hydrogen-bond acceptors (Lipinski definition) is 5. The number of amides is 4. The van der Waals surface area contributed by atoms with Crippen LogP contribution in [0.15, 0.2) is 84.9 Å². The van der Waals surface area contributed by atoms with Crippen LogP contribution in [0, 0.1) is 0 Å². The number of halogens is 2. The minimum absolute atomic E-state index is 0.0311. The number of anilines is 1. The number of carbonyl (C=O) groups is 3. The zero-order valence-electron chi connectivity index (χ0n) is 25.7. The molecule has 2 saturated heterocycles. The summed E-state index contributed by atoms with van der Waals surface area (Å²) in [6.07, 6.45) is -0.219. The molecule has 0 unspecified atom stereocenters. The van der Waals surface area contributed by atoms with Crippen molar-refractivity contribution in [2.24, 2.45) is 0 Å². The Balaban J connectivity index is 1.31. The van der Waals surface area contributed by atoms with E-state index in [1.165, 1.54) is 0 Å². The van der Waals surface area contributed by atoms with Crippen LogP contribution in [-0.2, 0) is 29.1 Å². The number of urea groups is 1. The van der Waals surface area contributed by atoms with E-state index >= 15 is 0 Å². The average Bonchev–Trinajstić information content (AvgIpc) is 3.35. The van der Waals surface area contributed by atoms with Gasteiger partial charge in [0.05, 0.1) is 23.1 Å². The Hall–Kier alpha value is -4.31. The number of nitrogens with one attached hydrogen (secondary N) is 1. The first kappa shape index (κ1) is 31.7. The monoisotopic (exact) mass is 658 g/mol. The fourth-order valence-corrected chi connectivity index (χ4v) is 6.75. The van der Waals surface area contributed by atoms with Crippen LogP contribution in [0.3, 0.4) is 0 Å². The molecule has 0 aromatic heterocycles. The summed E-state index contributed by atoms with van der Waals surface area (Å²) >= 11 is 12.3. The molecule has 6 rings (SSSR count). The standard InChI is InChI=1S/C35H36Cl2N6O3/c1-22(2)43(35(46)39-18-24-12-15-29(36)30(37)16-24)41-21-33(44)42-31(17-23-10-13-27(38)14-11-23)34(45)40(20-32(41)42)19-26-8-5-7-25-6-3-4-9-28(25)26/h3-16,22,31-32H,17-21,38H2,1-2H3,(H,39,46)/t31-,32+/m0/s1. The fraction of sp³-hybridized carbons (Fsp3) is 0.286. The van der Waals surface area contributed by atoms with E-state index in [2.05, 4.69) is 23.5 Å². The molecule has 0 aliphatic carbocycles. The van der Waals surface area contributed by atoms with E-state index < -0.39 is 12.2 Å². The molecule has 2 fully saturated rings. The predicted molar refractivity (Wildman–Crippen MR) is 181 cm³/mol. The molecule has 0 radical (unpaired) electrons. The van der Waals surface area contributed by atoms with Gasteiger partial charge in [-0.2, -0.15) is 5.01 Å². The van der Waals surface area contributed by atoms with Gasteiger partial charge in [0.25, 0.3) is 0 Å². The number of nitrogens with two attached hydrogens (primary N) is 1. The highest BCUT2D eigenvalue weighted by Gasteiger charge is 2.52. The molecular weight excluding hydrogens is 623 g/mol. The van der Waals surface area contributed by atoms with Crippen molar-refractivity contribution in [3.05, 3.63) is 112 Å². The van der Waals surface area contributed by atoms with Gasteiger partial charge in [-0.3, -0.25) is 14.6 Å². The highest BCUT2D eigenvalue weighted by Crippen LogP contribution is 2.32. The molecule has 2 heterocycles. The third-order valence-electron chi connectivity index (χ3n) is 8.62. The van der Waals surface area contributed by atoms with Crippen molar-refractivity contribution in [2.45, 2.75) is 51.6 Å². The quantitative estimate of drug-likeness (QED) is 0.237. The highest BCUT2D eigenvalue weighted by molar-refractivity contribution is 6.42. The maximum absolute atomic E-state index is 14.3. The number of benzene rings is 4. The van der Waals surface area contributed by atoms with E-state index in [0.717, 1.165) is 27.5 Å². The maximum atomic E-state index is 14.3. The Morgan fingerprint density at radius 1 is 0.957 bits per heavy atom. The summed E-state index contributed by atoms with van der Waals surface area (Å²) in [5.74, 6) is -0.331. The molecule has 238 valence electrons. The van der Waals surface area contributed by atoms with Gasteiger partial charge in [-0.1, -0.05) is 83.9 Å². The normalized spacial score (nSPS) is 18.4. The number of piperazine rings is 1. The molecule has 0 bridgehead atoms. The number of hydrazine groups is 1. The van der Waals surface area contributed by atoms with Crippen molar-refractivity contribution in [2.75, 3.05) is 18.8 Å². The molecule has 2 aliphatic heterocycles. The largest absolute Gasteiger partial charge is 0.399 e. The lowest BCUT2D eigenvalue weighted by Gasteiger charge is -2.47. The van der Waals surface area contributed by atoms with Gasteiger partial charge in [0.15, 0.2) is 0 Å². The summed E-state index contributed by atoms with van der Waals surface area (Å²) in [5.41, 5.74) is 9.25. The van der Waals surface area contributed by atoms with Crippen molar-refractivity contribution in [3.63, 3.8) is 0 Å². The first-order valence-corrected chi connectivity index (χ1v) is 16.0. The molecule has 0 spiro atoms. The van der Waals surface area contributed by atoms with Crippen LogP contribution in [0.5, 0.6) is 0 Å². The van der Waals surface area contributed by atoms with Gasteiger partial charge in [0, 0.05) is 31.2 Å². The molecule has 4 amide bonds. The van der Waals surface area contributed by atoms with Crippen LogP contribution in [0.2, 0.25) is 10.0 Å². The van der Waals surface area contributed by atoms with Crippen molar-refractivity contribution < 1.29 is 14.4 Å². The fourth-order valence-electron chi connectivity index (χ4n) is 6.43. The number of rotatable bonds is 8. The van der Waals surface area contributed by atoms with Gasteiger partial charge in [0.1, 0.15) is 12.2 Å². The zero-order chi connectivity index (χ0) is 32.5. The van der Waals surface area contributed by atoms with Crippen LogP contribution < -0.4 is 11.1 Å². The Kier molecular flexibility index (Phi) is 9.08. The smallest absolute Gasteiger partial charge is 0.332 e. The Morgan fingerprint density at radius 2 is 1.67 bits per heavy atom. The van der Waals surface area contributed by atoms with E-state index in [4.69, 9.17) is 28.9 Å². The summed E-state index contributed by atoms with van der Waals surface area (Å²) in [4.78, 5) is 45.3. The summed E-state index contributed by atoms with van der Waals surface area (Å²) in [5, 5.41) is 9.36. The highest BCUT2D eigenvalue weighted by atomic mass is 35.5. The van der Waals surface area contributed by atoms with Crippen molar-refractivity contribution in [1.29, 1.82) is 0 Å². The second kappa shape index (κ2) is 13.2. The van der Waals surface area contributed by atoms with Crippen LogP contribution in [0.4, 0.5) is 10.5 Å². The minimum Gasteiger partial charge on any atom is -0.399 e. The first-order chi connectivity index (χ1) is 22.1. The van der Waals surface area contributed by atoms with Crippen LogP contribution >= 0.6 is 23.2 Å². The van der Waals surface area contributed by atoms with Crippen molar-refractivity contribution >= 4 is 57.5 Å². The molecular formula is C35H36Cl2N6O3. The molecule has 3 N–H and O–H groups in total. The lowest BCUT2D eigenvalue weighted by atomic mass is 9.99.